The van der Waals surface area contributed by atoms with Crippen molar-refractivity contribution in [3.05, 3.63) is 72.3 Å². The van der Waals surface area contributed by atoms with Gasteiger partial charge in [-0.25, -0.2) is 8.42 Å². The van der Waals surface area contributed by atoms with E-state index in [4.69, 9.17) is 5.73 Å². The molecule has 0 spiro atoms. The molecule has 0 aliphatic carbocycles. The Morgan fingerprint density at radius 3 is 2.23 bits per heavy atom. The molecule has 44 heavy (non-hydrogen) atoms. The van der Waals surface area contributed by atoms with Crippen LogP contribution in [0.2, 0.25) is 0 Å². The van der Waals surface area contributed by atoms with Gasteiger partial charge in [0.25, 0.3) is 0 Å². The van der Waals surface area contributed by atoms with Crippen LogP contribution in [0.5, 0.6) is 0 Å². The predicted octanol–water partition coefficient (Wildman–Crippen LogP) is 4.49. The lowest BCUT2D eigenvalue weighted by Gasteiger charge is -2.31. The van der Waals surface area contributed by atoms with Gasteiger partial charge in [0, 0.05) is 36.7 Å². The van der Waals surface area contributed by atoms with Gasteiger partial charge in [-0.05, 0) is 59.4 Å². The van der Waals surface area contributed by atoms with Crippen LogP contribution in [0.1, 0.15) is 59.4 Å². The Morgan fingerprint density at radius 1 is 0.955 bits per heavy atom. The second-order valence-corrected chi connectivity index (χ2v) is 14.7. The molecule has 10 heteroatoms. The number of amides is 2. The summed E-state index contributed by atoms with van der Waals surface area (Å²) in [4.78, 5) is 26.3. The summed E-state index contributed by atoms with van der Waals surface area (Å²) >= 11 is 0. The van der Waals surface area contributed by atoms with Crippen LogP contribution in [0.3, 0.4) is 0 Å². The number of unbranched alkanes of at least 4 members (excludes halogenated alkanes) is 1. The zero-order valence-corrected chi connectivity index (χ0v) is 27.4. The zero-order valence-electron chi connectivity index (χ0n) is 26.5. The molecule has 0 aliphatic heterocycles. The monoisotopic (exact) mass is 624 g/mol. The quantitative estimate of drug-likeness (QED) is 0.145. The van der Waals surface area contributed by atoms with Crippen molar-refractivity contribution in [1.82, 2.24) is 14.9 Å². The van der Waals surface area contributed by atoms with Crippen molar-refractivity contribution in [1.29, 1.82) is 0 Å². The molecule has 2 unspecified atom stereocenters. The lowest BCUT2D eigenvalue weighted by molar-refractivity contribution is -0.133. The average molecular weight is 625 g/mol. The first-order valence-electron chi connectivity index (χ1n) is 15.3. The highest BCUT2D eigenvalue weighted by Crippen LogP contribution is 2.23. The van der Waals surface area contributed by atoms with E-state index in [-0.39, 0.29) is 35.8 Å². The smallest absolute Gasteiger partial charge is 0.243 e. The second kappa shape index (κ2) is 15.5. The van der Waals surface area contributed by atoms with Crippen molar-refractivity contribution in [3.8, 4) is 0 Å². The number of aliphatic hydroxyl groups is 1. The number of sulfonamides is 1. The van der Waals surface area contributed by atoms with Crippen LogP contribution in [0, 0.1) is 11.3 Å². The number of nitrogens with one attached hydrogen (secondary N) is 2. The van der Waals surface area contributed by atoms with Crippen molar-refractivity contribution in [2.45, 2.75) is 77.3 Å². The molecule has 0 saturated carbocycles. The highest BCUT2D eigenvalue weighted by Gasteiger charge is 2.32. The summed E-state index contributed by atoms with van der Waals surface area (Å²) in [5.41, 5.74) is 6.50. The summed E-state index contributed by atoms with van der Waals surface area (Å²) < 4.78 is 28.4. The minimum Gasteiger partial charge on any atom is -0.399 e. The number of nitrogens with zero attached hydrogens (tertiary/aromatic N) is 1. The summed E-state index contributed by atoms with van der Waals surface area (Å²) in [5.74, 6) is -0.437. The van der Waals surface area contributed by atoms with Crippen molar-refractivity contribution in [3.63, 3.8) is 0 Å². The van der Waals surface area contributed by atoms with Gasteiger partial charge >= 0.3 is 0 Å². The fourth-order valence-corrected chi connectivity index (χ4v) is 6.74. The molecule has 0 aromatic heterocycles. The average Bonchev–Trinajstić information content (AvgIpc) is 2.97. The third-order valence-electron chi connectivity index (χ3n) is 7.47. The summed E-state index contributed by atoms with van der Waals surface area (Å²) in [6.45, 7) is 9.58. The molecule has 2 amide bonds. The Labute approximate surface area is 262 Å². The molecule has 0 heterocycles. The standard InChI is InChI=1S/C34H48N4O5S/c1-24(2)22-38(44(42,43)30-17-15-28(35)16-18-30)29(23-39)12-8-9-19-36-32(40)31(37-33(41)34(3,4)5)21-25-13-14-26-10-6-7-11-27(26)20-25/h6-7,10-11,13-18,20,24,29,31,39H,8-9,12,19,21-23,35H2,1-5H3,(H,36,40)(H,37,41). The zero-order chi connectivity index (χ0) is 32.5. The molecular weight excluding hydrogens is 576 g/mol. The number of anilines is 1. The molecule has 5 N–H and O–H groups in total. The number of nitrogens with two attached hydrogens (primary N) is 1. The number of fused-ring (bicyclic) bond motifs is 1. The van der Waals surface area contributed by atoms with Gasteiger partial charge in [0.05, 0.1) is 11.5 Å². The highest BCUT2D eigenvalue weighted by molar-refractivity contribution is 7.89. The maximum atomic E-state index is 13.5. The fraction of sp³-hybridized carbons (Fsp3) is 0.471. The van der Waals surface area contributed by atoms with Crippen LogP contribution < -0.4 is 16.4 Å². The number of nitrogen functional groups attached to an aromatic ring is 1. The highest BCUT2D eigenvalue weighted by atomic mass is 32.2. The minimum absolute atomic E-state index is 0.0507. The minimum atomic E-state index is -3.85. The van der Waals surface area contributed by atoms with Crippen LogP contribution in [0.4, 0.5) is 5.69 Å². The Kier molecular flexibility index (Phi) is 12.3. The van der Waals surface area contributed by atoms with Crippen LogP contribution >= 0.6 is 0 Å². The third kappa shape index (κ3) is 9.77. The Balaban J connectivity index is 1.63. The van der Waals surface area contributed by atoms with Crippen LogP contribution in [0.15, 0.2) is 71.6 Å². The summed E-state index contributed by atoms with van der Waals surface area (Å²) in [5, 5.41) is 18.2. The van der Waals surface area contributed by atoms with Crippen molar-refractivity contribution in [2.75, 3.05) is 25.4 Å². The molecule has 9 nitrogen and oxygen atoms in total. The van der Waals surface area contributed by atoms with Gasteiger partial charge in [-0.3, -0.25) is 9.59 Å². The van der Waals surface area contributed by atoms with E-state index in [0.29, 0.717) is 37.9 Å². The molecule has 3 aromatic rings. The van der Waals surface area contributed by atoms with Gasteiger partial charge in [0.2, 0.25) is 21.8 Å². The summed E-state index contributed by atoms with van der Waals surface area (Å²) in [7, 11) is -3.85. The molecule has 0 bridgehead atoms. The third-order valence-corrected chi connectivity index (χ3v) is 9.40. The van der Waals surface area contributed by atoms with Crippen molar-refractivity contribution in [2.24, 2.45) is 11.3 Å². The van der Waals surface area contributed by atoms with Gasteiger partial charge in [0.15, 0.2) is 0 Å². The van der Waals surface area contributed by atoms with Gasteiger partial charge < -0.3 is 21.5 Å². The number of hydrogen-bond acceptors (Lipinski definition) is 6. The Hall–Kier alpha value is -3.47. The van der Waals surface area contributed by atoms with Crippen LogP contribution in [-0.4, -0.2) is 61.4 Å². The van der Waals surface area contributed by atoms with Gasteiger partial charge in [-0.1, -0.05) is 83.5 Å². The van der Waals surface area contributed by atoms with Gasteiger partial charge in [0.1, 0.15) is 6.04 Å². The number of carbonyl (C=O) groups excluding carboxylic acids is 2. The maximum Gasteiger partial charge on any atom is 0.243 e. The molecular formula is C34H48N4O5S. The van der Waals surface area contributed by atoms with E-state index < -0.39 is 27.5 Å². The number of aliphatic hydroxyl groups excluding tert-OH is 1. The van der Waals surface area contributed by atoms with Gasteiger partial charge in [-0.2, -0.15) is 4.31 Å². The van der Waals surface area contributed by atoms with E-state index >= 15 is 0 Å². The molecule has 240 valence electrons. The molecule has 0 aliphatic rings. The first-order valence-corrected chi connectivity index (χ1v) is 16.7. The Morgan fingerprint density at radius 2 is 1.61 bits per heavy atom. The van der Waals surface area contributed by atoms with E-state index in [1.54, 1.807) is 32.9 Å². The number of carbonyl (C=O) groups is 2. The largest absolute Gasteiger partial charge is 0.399 e. The fourth-order valence-electron chi connectivity index (χ4n) is 4.93. The predicted molar refractivity (Wildman–Crippen MR) is 176 cm³/mol. The normalized spacial score (nSPS) is 13.6. The first kappa shape index (κ1) is 35.0. The molecule has 0 fully saturated rings. The topological polar surface area (TPSA) is 142 Å². The summed E-state index contributed by atoms with van der Waals surface area (Å²) in [6.07, 6.45) is 1.93. The lowest BCUT2D eigenvalue weighted by atomic mass is 9.94. The molecule has 2 atom stereocenters. The molecule has 3 aromatic carbocycles. The van der Waals surface area contributed by atoms with Crippen LogP contribution in [0.25, 0.3) is 10.8 Å². The van der Waals surface area contributed by atoms with Crippen molar-refractivity contribution >= 4 is 38.3 Å². The lowest BCUT2D eigenvalue weighted by Crippen LogP contribution is -2.51. The van der Waals surface area contributed by atoms with E-state index in [0.717, 1.165) is 16.3 Å². The molecule has 3 rings (SSSR count). The number of benzene rings is 3. The van der Waals surface area contributed by atoms with E-state index in [1.165, 1.54) is 16.4 Å². The molecule has 0 saturated heterocycles. The van der Waals surface area contributed by atoms with Gasteiger partial charge in [-0.15, -0.1) is 0 Å². The maximum absolute atomic E-state index is 13.5. The SMILES string of the molecule is CC(C)CN(C(CO)CCCCNC(=O)C(Cc1ccc2ccccc2c1)NC(=O)C(C)(C)C)S(=O)(=O)c1ccc(N)cc1. The van der Waals surface area contributed by atoms with Crippen molar-refractivity contribution < 1.29 is 23.1 Å². The first-order chi connectivity index (χ1) is 20.7. The van der Waals surface area contributed by atoms with E-state index in [9.17, 15) is 23.1 Å². The summed E-state index contributed by atoms with van der Waals surface area (Å²) in [6, 6.07) is 18.7. The number of rotatable bonds is 15. The molecule has 0 radical (unpaired) electrons. The van der Waals surface area contributed by atoms with E-state index in [1.807, 2.05) is 56.3 Å². The second-order valence-electron chi connectivity index (χ2n) is 12.8. The Bertz CT molecular complexity index is 1500. The van der Waals surface area contributed by atoms with Crippen LogP contribution in [-0.2, 0) is 26.0 Å². The van der Waals surface area contributed by atoms with E-state index in [2.05, 4.69) is 10.6 Å². The number of hydrogen-bond donors (Lipinski definition) is 4.